The molecule has 92 valence electrons. The van der Waals surface area contributed by atoms with Crippen molar-refractivity contribution in [1.82, 2.24) is 10.6 Å². The quantitative estimate of drug-likeness (QED) is 0.648. The van der Waals surface area contributed by atoms with Gasteiger partial charge in [-0.1, -0.05) is 12.1 Å². The van der Waals surface area contributed by atoms with E-state index in [-0.39, 0.29) is 37.3 Å². The minimum absolute atomic E-state index is 0.114. The number of rotatable bonds is 5. The first-order valence-corrected chi connectivity index (χ1v) is 5.09. The van der Waals surface area contributed by atoms with Gasteiger partial charge in [-0.05, 0) is 17.7 Å². The number of nitrogens with two attached hydrogens (primary N) is 1. The van der Waals surface area contributed by atoms with Gasteiger partial charge in [-0.2, -0.15) is 0 Å². The Kier molecular flexibility index (Phi) is 5.09. The highest BCUT2D eigenvalue weighted by atomic mass is 19.1. The van der Waals surface area contributed by atoms with Crippen LogP contribution >= 0.6 is 0 Å². The molecule has 0 aliphatic rings. The fourth-order valence-electron chi connectivity index (χ4n) is 1.12. The van der Waals surface area contributed by atoms with Gasteiger partial charge in [-0.15, -0.1) is 0 Å². The molecule has 0 aliphatic heterocycles. The Hall–Kier alpha value is -1.95. The Morgan fingerprint density at radius 3 is 2.35 bits per heavy atom. The second kappa shape index (κ2) is 6.59. The van der Waals surface area contributed by atoms with Crippen LogP contribution in [-0.2, 0) is 16.1 Å². The van der Waals surface area contributed by atoms with E-state index in [9.17, 15) is 14.0 Å². The van der Waals surface area contributed by atoms with E-state index in [2.05, 4.69) is 10.6 Å². The monoisotopic (exact) mass is 239 g/mol. The maximum Gasteiger partial charge on any atom is 0.239 e. The first-order valence-electron chi connectivity index (χ1n) is 5.09. The van der Waals surface area contributed by atoms with Gasteiger partial charge in [0, 0.05) is 6.54 Å². The molecular formula is C11H14FN3O2. The standard InChI is InChI=1S/C11H14FN3O2/c12-9-3-1-8(2-4-9)6-14-11(17)7-15-10(16)5-13/h1-4H,5-7,13H2,(H,14,17)(H,15,16). The van der Waals surface area contributed by atoms with Crippen LogP contribution in [0.5, 0.6) is 0 Å². The van der Waals surface area contributed by atoms with Crippen LogP contribution in [0.2, 0.25) is 0 Å². The van der Waals surface area contributed by atoms with Crippen molar-refractivity contribution in [3.8, 4) is 0 Å². The topological polar surface area (TPSA) is 84.2 Å². The third-order valence-corrected chi connectivity index (χ3v) is 2.03. The van der Waals surface area contributed by atoms with E-state index in [0.29, 0.717) is 0 Å². The maximum absolute atomic E-state index is 12.6. The van der Waals surface area contributed by atoms with Crippen molar-refractivity contribution in [2.75, 3.05) is 13.1 Å². The molecule has 0 spiro atoms. The minimum atomic E-state index is -0.387. The normalized spacial score (nSPS) is 9.76. The molecule has 0 bridgehead atoms. The molecule has 0 fully saturated rings. The lowest BCUT2D eigenvalue weighted by atomic mass is 10.2. The summed E-state index contributed by atoms with van der Waals surface area (Å²) in [7, 11) is 0. The summed E-state index contributed by atoms with van der Waals surface area (Å²) in [6.45, 7) is 0.0279. The third-order valence-electron chi connectivity index (χ3n) is 2.03. The second-order valence-corrected chi connectivity index (χ2v) is 3.38. The van der Waals surface area contributed by atoms with Gasteiger partial charge >= 0.3 is 0 Å². The Morgan fingerprint density at radius 2 is 1.76 bits per heavy atom. The molecule has 1 rings (SSSR count). The zero-order chi connectivity index (χ0) is 12.7. The first kappa shape index (κ1) is 13.1. The van der Waals surface area contributed by atoms with Crippen LogP contribution in [0.1, 0.15) is 5.56 Å². The molecule has 0 radical (unpaired) electrons. The molecule has 0 saturated heterocycles. The summed E-state index contributed by atoms with van der Waals surface area (Å²) in [5.74, 6) is -1.03. The molecule has 0 saturated carbocycles. The van der Waals surface area contributed by atoms with Crippen molar-refractivity contribution in [2.24, 2.45) is 5.73 Å². The lowest BCUT2D eigenvalue weighted by Gasteiger charge is -2.06. The smallest absolute Gasteiger partial charge is 0.239 e. The molecule has 2 amide bonds. The third kappa shape index (κ3) is 5.07. The molecule has 0 aliphatic carbocycles. The minimum Gasteiger partial charge on any atom is -0.350 e. The molecule has 1 aromatic rings. The van der Waals surface area contributed by atoms with Crippen LogP contribution in [0.3, 0.4) is 0 Å². The largest absolute Gasteiger partial charge is 0.350 e. The van der Waals surface area contributed by atoms with Crippen LogP contribution in [0.15, 0.2) is 24.3 Å². The van der Waals surface area contributed by atoms with Gasteiger partial charge in [0.2, 0.25) is 11.8 Å². The molecule has 17 heavy (non-hydrogen) atoms. The lowest BCUT2D eigenvalue weighted by molar-refractivity contribution is -0.125. The van der Waals surface area contributed by atoms with Crippen molar-refractivity contribution in [3.63, 3.8) is 0 Å². The van der Waals surface area contributed by atoms with Gasteiger partial charge in [0.1, 0.15) is 5.82 Å². The van der Waals surface area contributed by atoms with Gasteiger partial charge in [-0.25, -0.2) is 4.39 Å². The van der Waals surface area contributed by atoms with Gasteiger partial charge in [0.05, 0.1) is 13.1 Å². The van der Waals surface area contributed by atoms with Crippen molar-refractivity contribution >= 4 is 11.8 Å². The van der Waals surface area contributed by atoms with Crippen molar-refractivity contribution in [3.05, 3.63) is 35.6 Å². The summed E-state index contributed by atoms with van der Waals surface area (Å²) in [4.78, 5) is 22.0. The Balaban J connectivity index is 2.28. The van der Waals surface area contributed by atoms with Gasteiger partial charge < -0.3 is 16.4 Å². The average molecular weight is 239 g/mol. The van der Waals surface area contributed by atoms with Crippen LogP contribution in [-0.4, -0.2) is 24.9 Å². The molecule has 0 unspecified atom stereocenters. The summed E-state index contributed by atoms with van der Waals surface area (Å²) in [5, 5.41) is 4.92. The number of hydrogen-bond donors (Lipinski definition) is 3. The van der Waals surface area contributed by atoms with Gasteiger partial charge in [0.15, 0.2) is 0 Å². The van der Waals surface area contributed by atoms with Crippen molar-refractivity contribution < 1.29 is 14.0 Å². The van der Waals surface area contributed by atoms with Crippen LogP contribution in [0.4, 0.5) is 4.39 Å². The predicted molar refractivity (Wildman–Crippen MR) is 60.3 cm³/mol. The Bertz CT molecular complexity index is 392. The zero-order valence-electron chi connectivity index (χ0n) is 9.20. The van der Waals surface area contributed by atoms with Crippen LogP contribution in [0, 0.1) is 5.82 Å². The summed E-state index contributed by atoms with van der Waals surface area (Å²) in [5.41, 5.74) is 5.84. The molecule has 6 heteroatoms. The summed E-state index contributed by atoms with van der Waals surface area (Å²) < 4.78 is 12.6. The van der Waals surface area contributed by atoms with Crippen molar-refractivity contribution in [1.29, 1.82) is 0 Å². The molecule has 0 heterocycles. The van der Waals surface area contributed by atoms with Crippen LogP contribution in [0.25, 0.3) is 0 Å². The highest BCUT2D eigenvalue weighted by molar-refractivity contribution is 5.85. The molecule has 0 atom stereocenters. The first-order chi connectivity index (χ1) is 8.11. The number of halogens is 1. The predicted octanol–water partition coefficient (Wildman–Crippen LogP) is -0.483. The van der Waals surface area contributed by atoms with E-state index in [1.807, 2.05) is 0 Å². The van der Waals surface area contributed by atoms with E-state index in [0.717, 1.165) is 5.56 Å². The average Bonchev–Trinajstić information content (AvgIpc) is 2.35. The van der Waals surface area contributed by atoms with Crippen molar-refractivity contribution in [2.45, 2.75) is 6.54 Å². The maximum atomic E-state index is 12.6. The fraction of sp³-hybridized carbons (Fsp3) is 0.273. The number of nitrogens with one attached hydrogen (secondary N) is 2. The summed E-state index contributed by atoms with van der Waals surface area (Å²) in [6.07, 6.45) is 0. The summed E-state index contributed by atoms with van der Waals surface area (Å²) in [6, 6.07) is 5.79. The van der Waals surface area contributed by atoms with E-state index >= 15 is 0 Å². The van der Waals surface area contributed by atoms with Crippen LogP contribution < -0.4 is 16.4 Å². The molecule has 1 aromatic carbocycles. The molecular weight excluding hydrogens is 225 g/mol. The van der Waals surface area contributed by atoms with E-state index in [1.165, 1.54) is 12.1 Å². The van der Waals surface area contributed by atoms with E-state index < -0.39 is 0 Å². The number of hydrogen-bond acceptors (Lipinski definition) is 3. The molecule has 5 nitrogen and oxygen atoms in total. The van der Waals surface area contributed by atoms with Gasteiger partial charge in [0.25, 0.3) is 0 Å². The zero-order valence-corrected chi connectivity index (χ0v) is 9.20. The number of carbonyl (C=O) groups excluding carboxylic acids is 2. The van der Waals surface area contributed by atoms with E-state index in [4.69, 9.17) is 5.73 Å². The fourth-order valence-corrected chi connectivity index (χ4v) is 1.12. The highest BCUT2D eigenvalue weighted by Gasteiger charge is 2.03. The molecule has 0 aromatic heterocycles. The second-order valence-electron chi connectivity index (χ2n) is 3.38. The Labute approximate surface area is 98.2 Å². The number of amides is 2. The van der Waals surface area contributed by atoms with E-state index in [1.54, 1.807) is 12.1 Å². The SMILES string of the molecule is NCC(=O)NCC(=O)NCc1ccc(F)cc1. The Morgan fingerprint density at radius 1 is 1.12 bits per heavy atom. The summed E-state index contributed by atoms with van der Waals surface area (Å²) >= 11 is 0. The number of benzene rings is 1. The van der Waals surface area contributed by atoms with Gasteiger partial charge in [-0.3, -0.25) is 9.59 Å². The number of carbonyl (C=O) groups is 2. The highest BCUT2D eigenvalue weighted by Crippen LogP contribution is 2.01. The lowest BCUT2D eigenvalue weighted by Crippen LogP contribution is -2.39. The molecule has 4 N–H and O–H groups in total.